The summed E-state index contributed by atoms with van der Waals surface area (Å²) in [6.45, 7) is 1.75. The molecule has 2 aromatic rings. The van der Waals surface area contributed by atoms with E-state index in [1.165, 1.54) is 44.2 Å². The molecular formula is C31H42N4O3S. The number of rotatable bonds is 6. The molecular weight excluding hydrogens is 508 g/mol. The fraction of sp³-hybridized carbons (Fsp3) is 0.645. The molecule has 39 heavy (non-hydrogen) atoms. The molecule has 1 aromatic carbocycles. The van der Waals surface area contributed by atoms with Gasteiger partial charge in [0, 0.05) is 59.0 Å². The molecule has 1 aromatic heterocycles. The van der Waals surface area contributed by atoms with E-state index in [2.05, 4.69) is 40.6 Å². The number of amides is 1. The van der Waals surface area contributed by atoms with E-state index in [-0.39, 0.29) is 11.8 Å². The second kappa shape index (κ2) is 13.1. The lowest BCUT2D eigenvalue weighted by Gasteiger charge is -2.28. The Morgan fingerprint density at radius 3 is 2.28 bits per heavy atom. The van der Waals surface area contributed by atoms with E-state index >= 15 is 0 Å². The maximum Gasteiger partial charge on any atom is 0.224 e. The van der Waals surface area contributed by atoms with Crippen LogP contribution in [0.5, 0.6) is 0 Å². The zero-order valence-electron chi connectivity index (χ0n) is 23.0. The van der Waals surface area contributed by atoms with Crippen molar-refractivity contribution in [3.63, 3.8) is 0 Å². The van der Waals surface area contributed by atoms with Crippen LogP contribution in [0.1, 0.15) is 82.9 Å². The summed E-state index contributed by atoms with van der Waals surface area (Å²) in [7, 11) is -0.634. The highest BCUT2D eigenvalue weighted by molar-refractivity contribution is 7.85. The average molecular weight is 551 g/mol. The fourth-order valence-corrected chi connectivity index (χ4v) is 7.06. The largest absolute Gasteiger partial charge is 0.448 e. The summed E-state index contributed by atoms with van der Waals surface area (Å²) in [5, 5.41) is 11.7. The summed E-state index contributed by atoms with van der Waals surface area (Å²) in [4.78, 5) is 18.8. The Bertz CT molecular complexity index is 1150. The number of nitrogens with one attached hydrogen (secondary N) is 1. The third-order valence-corrected chi connectivity index (χ3v) is 10.0. The standard InChI is InChI=1S/C20H26N2O2S.C11H16N2O/c23-25-12-10-22(11-13-25)18-8-6-17(7-9-18)19-15-24-20(21-19)14-16-4-2-1-3-5-16;12-8-11(6-7-11)13-10(14)9-4-2-1-3-5-9/h6-9,15-16H,1-5,10-14H2;9H,1-7H2,(H,13,14). The van der Waals surface area contributed by atoms with Gasteiger partial charge < -0.3 is 14.6 Å². The van der Waals surface area contributed by atoms with Crippen molar-refractivity contribution in [3.8, 4) is 17.3 Å². The molecule has 3 saturated carbocycles. The summed E-state index contributed by atoms with van der Waals surface area (Å²) < 4.78 is 17.2. The molecule has 0 unspecified atom stereocenters. The number of carbonyl (C=O) groups is 1. The van der Waals surface area contributed by atoms with Crippen LogP contribution in [0, 0.1) is 23.2 Å². The van der Waals surface area contributed by atoms with Crippen molar-refractivity contribution in [2.24, 2.45) is 11.8 Å². The smallest absolute Gasteiger partial charge is 0.224 e. The van der Waals surface area contributed by atoms with E-state index in [4.69, 9.17) is 14.7 Å². The van der Waals surface area contributed by atoms with Gasteiger partial charge in [-0.15, -0.1) is 0 Å². The minimum atomic E-state index is -0.634. The first kappa shape index (κ1) is 27.9. The number of aromatic nitrogens is 1. The summed E-state index contributed by atoms with van der Waals surface area (Å²) in [6, 6.07) is 10.7. The molecule has 1 saturated heterocycles. The first-order valence-electron chi connectivity index (χ1n) is 14.9. The Morgan fingerprint density at radius 2 is 1.67 bits per heavy atom. The lowest BCUT2D eigenvalue weighted by molar-refractivity contribution is -0.126. The van der Waals surface area contributed by atoms with Crippen molar-refractivity contribution in [3.05, 3.63) is 36.4 Å². The molecule has 1 N–H and O–H groups in total. The second-order valence-electron chi connectivity index (χ2n) is 11.7. The molecule has 2 heterocycles. The van der Waals surface area contributed by atoms with E-state index < -0.39 is 16.3 Å². The zero-order chi connectivity index (χ0) is 27.1. The van der Waals surface area contributed by atoms with Gasteiger partial charge in [0.15, 0.2) is 5.89 Å². The van der Waals surface area contributed by atoms with Crippen LogP contribution in [0.4, 0.5) is 5.69 Å². The van der Waals surface area contributed by atoms with Crippen LogP contribution in [0.25, 0.3) is 11.3 Å². The Labute approximate surface area is 235 Å². The molecule has 0 atom stereocenters. The monoisotopic (exact) mass is 550 g/mol. The SMILES string of the molecule is N#CC1(NC(=O)C2CCCCC2)CC1.O=S1CCN(c2ccc(-c3coc(CC4CCCCC4)n3)cc2)CC1. The number of carbonyl (C=O) groups excluding carboxylic acids is 1. The van der Waals surface area contributed by atoms with E-state index in [1.807, 2.05) is 0 Å². The fourth-order valence-electron chi connectivity index (χ4n) is 6.01. The highest BCUT2D eigenvalue weighted by Gasteiger charge is 2.45. The predicted octanol–water partition coefficient (Wildman–Crippen LogP) is 5.77. The molecule has 1 amide bonds. The van der Waals surface area contributed by atoms with Gasteiger partial charge in [-0.05, 0) is 56.6 Å². The average Bonchev–Trinajstić information content (AvgIpc) is 3.61. The first-order chi connectivity index (χ1) is 19.0. The molecule has 0 spiro atoms. The summed E-state index contributed by atoms with van der Waals surface area (Å²) >= 11 is 0. The van der Waals surface area contributed by atoms with Crippen molar-refractivity contribution in [2.75, 3.05) is 29.5 Å². The van der Waals surface area contributed by atoms with Crippen LogP contribution in [0.2, 0.25) is 0 Å². The summed E-state index contributed by atoms with van der Waals surface area (Å²) in [6.07, 6.45) is 16.7. The predicted molar refractivity (Wildman–Crippen MR) is 155 cm³/mol. The van der Waals surface area contributed by atoms with Crippen LogP contribution in [-0.4, -0.2) is 45.2 Å². The lowest BCUT2D eigenvalue weighted by atomic mass is 9.87. The third-order valence-electron chi connectivity index (χ3n) is 8.75. The highest BCUT2D eigenvalue weighted by atomic mass is 32.2. The van der Waals surface area contributed by atoms with Gasteiger partial charge in [0.2, 0.25) is 5.91 Å². The van der Waals surface area contributed by atoms with Crippen LogP contribution >= 0.6 is 0 Å². The lowest BCUT2D eigenvalue weighted by Crippen LogP contribution is -2.40. The van der Waals surface area contributed by atoms with Crippen molar-refractivity contribution in [1.82, 2.24) is 10.3 Å². The molecule has 0 bridgehead atoms. The van der Waals surface area contributed by atoms with Crippen molar-refractivity contribution in [2.45, 2.75) is 89.0 Å². The van der Waals surface area contributed by atoms with Crippen LogP contribution in [0.3, 0.4) is 0 Å². The van der Waals surface area contributed by atoms with Gasteiger partial charge >= 0.3 is 0 Å². The molecule has 4 fully saturated rings. The maximum absolute atomic E-state index is 11.8. The number of hydrogen-bond donors (Lipinski definition) is 1. The number of anilines is 1. The normalized spacial score (nSPS) is 21.9. The van der Waals surface area contributed by atoms with Crippen molar-refractivity contribution < 1.29 is 13.4 Å². The number of nitriles is 1. The zero-order valence-corrected chi connectivity index (χ0v) is 23.9. The number of benzene rings is 1. The first-order valence-corrected chi connectivity index (χ1v) is 16.4. The number of nitrogens with zero attached hydrogens (tertiary/aromatic N) is 3. The van der Waals surface area contributed by atoms with Gasteiger partial charge in [-0.25, -0.2) is 4.98 Å². The van der Waals surface area contributed by atoms with Crippen molar-refractivity contribution >= 4 is 22.4 Å². The molecule has 1 aliphatic heterocycles. The van der Waals surface area contributed by atoms with Gasteiger partial charge in [-0.3, -0.25) is 9.00 Å². The maximum atomic E-state index is 11.8. The van der Waals surface area contributed by atoms with Crippen LogP contribution in [-0.2, 0) is 22.0 Å². The molecule has 3 aliphatic carbocycles. The number of hydrogen-bond acceptors (Lipinski definition) is 6. The summed E-state index contributed by atoms with van der Waals surface area (Å²) in [5.74, 6) is 3.46. The van der Waals surface area contributed by atoms with Gasteiger partial charge in [0.25, 0.3) is 0 Å². The van der Waals surface area contributed by atoms with Crippen molar-refractivity contribution in [1.29, 1.82) is 5.26 Å². The van der Waals surface area contributed by atoms with Crippen LogP contribution in [0.15, 0.2) is 34.9 Å². The molecule has 6 rings (SSSR count). The highest BCUT2D eigenvalue weighted by Crippen LogP contribution is 2.35. The van der Waals surface area contributed by atoms with E-state index in [0.717, 1.165) is 92.6 Å². The Balaban J connectivity index is 0.000000186. The molecule has 210 valence electrons. The Kier molecular flexibility index (Phi) is 9.39. The number of oxazole rings is 1. The summed E-state index contributed by atoms with van der Waals surface area (Å²) in [5.41, 5.74) is 2.75. The minimum absolute atomic E-state index is 0.115. The third kappa shape index (κ3) is 7.72. The Hall–Kier alpha value is -2.66. The quantitative estimate of drug-likeness (QED) is 0.490. The van der Waals surface area contributed by atoms with Crippen LogP contribution < -0.4 is 10.2 Å². The minimum Gasteiger partial charge on any atom is -0.448 e. The van der Waals surface area contributed by atoms with Gasteiger partial charge in [0.1, 0.15) is 17.5 Å². The van der Waals surface area contributed by atoms with Gasteiger partial charge in [0.05, 0.1) is 6.07 Å². The van der Waals surface area contributed by atoms with E-state index in [1.54, 1.807) is 6.26 Å². The van der Waals surface area contributed by atoms with Gasteiger partial charge in [-0.2, -0.15) is 5.26 Å². The molecule has 4 aliphatic rings. The van der Waals surface area contributed by atoms with E-state index in [9.17, 15) is 9.00 Å². The molecule has 8 heteroatoms. The second-order valence-corrected chi connectivity index (χ2v) is 13.4. The van der Waals surface area contributed by atoms with Gasteiger partial charge in [-0.1, -0.05) is 50.7 Å². The topological polar surface area (TPSA) is 99.2 Å². The van der Waals surface area contributed by atoms with E-state index in [0.29, 0.717) is 0 Å². The molecule has 0 radical (unpaired) electrons. The molecule has 7 nitrogen and oxygen atoms in total. The Morgan fingerprint density at radius 1 is 1.03 bits per heavy atom.